The zero-order valence-electron chi connectivity index (χ0n) is 16.2. The van der Waals surface area contributed by atoms with Crippen molar-refractivity contribution < 1.29 is 14.3 Å². The zero-order valence-corrected chi connectivity index (χ0v) is 17.7. The fourth-order valence-electron chi connectivity index (χ4n) is 2.67. The number of amidine groups is 1. The number of pyridine rings is 1. The Morgan fingerprint density at radius 1 is 0.968 bits per heavy atom. The van der Waals surface area contributed by atoms with Gasteiger partial charge in [0.15, 0.2) is 0 Å². The number of rotatable bonds is 6. The number of nitrogen functional groups attached to an aromatic ring is 1. The van der Waals surface area contributed by atoms with Crippen molar-refractivity contribution in [1.82, 2.24) is 4.98 Å². The summed E-state index contributed by atoms with van der Waals surface area (Å²) >= 11 is 11.9. The molecular weight excluding hydrogens is 441 g/mol. The molecule has 2 aromatic carbocycles. The molecule has 8 nitrogen and oxygen atoms in total. The second-order valence-corrected chi connectivity index (χ2v) is 7.16. The Bertz CT molecular complexity index is 1150. The van der Waals surface area contributed by atoms with E-state index in [2.05, 4.69) is 15.6 Å². The maximum absolute atomic E-state index is 12.9. The Morgan fingerprint density at radius 2 is 1.65 bits per heavy atom. The first-order chi connectivity index (χ1) is 14.8. The molecule has 0 bridgehead atoms. The minimum atomic E-state index is -0.558. The third-order valence-corrected chi connectivity index (χ3v) is 4.64. The molecular formula is C21H17Cl2N5O3. The molecule has 10 heteroatoms. The molecule has 5 N–H and O–H groups in total. The van der Waals surface area contributed by atoms with Crippen molar-refractivity contribution in [2.75, 3.05) is 17.7 Å². The van der Waals surface area contributed by atoms with Crippen LogP contribution in [0.25, 0.3) is 0 Å². The number of hydrogen-bond donors (Lipinski definition) is 4. The molecule has 3 aromatic rings. The number of ether oxygens (including phenoxy) is 1. The number of nitrogens with two attached hydrogens (primary N) is 1. The highest BCUT2D eigenvalue weighted by atomic mass is 35.5. The van der Waals surface area contributed by atoms with Crippen molar-refractivity contribution in [1.29, 1.82) is 5.41 Å². The van der Waals surface area contributed by atoms with Crippen molar-refractivity contribution in [3.8, 4) is 5.75 Å². The van der Waals surface area contributed by atoms with E-state index in [4.69, 9.17) is 39.1 Å². The lowest BCUT2D eigenvalue weighted by atomic mass is 10.1. The highest BCUT2D eigenvalue weighted by Gasteiger charge is 2.21. The van der Waals surface area contributed by atoms with Crippen LogP contribution < -0.4 is 21.1 Å². The highest BCUT2D eigenvalue weighted by molar-refractivity contribution is 6.32. The van der Waals surface area contributed by atoms with Gasteiger partial charge in [-0.05, 0) is 30.3 Å². The van der Waals surface area contributed by atoms with E-state index in [0.29, 0.717) is 16.1 Å². The summed E-state index contributed by atoms with van der Waals surface area (Å²) in [7, 11) is 1.39. The second kappa shape index (κ2) is 9.46. The Balaban J connectivity index is 1.92. The van der Waals surface area contributed by atoms with Gasteiger partial charge in [0, 0.05) is 28.4 Å². The van der Waals surface area contributed by atoms with Crippen LogP contribution in [-0.4, -0.2) is 29.7 Å². The molecule has 0 fully saturated rings. The quantitative estimate of drug-likeness (QED) is 0.325. The largest absolute Gasteiger partial charge is 0.494 e. The second-order valence-electron chi connectivity index (χ2n) is 6.29. The Morgan fingerprint density at radius 3 is 2.23 bits per heavy atom. The van der Waals surface area contributed by atoms with E-state index in [1.54, 1.807) is 18.2 Å². The van der Waals surface area contributed by atoms with E-state index in [0.717, 1.165) is 0 Å². The van der Waals surface area contributed by atoms with Crippen molar-refractivity contribution in [2.45, 2.75) is 0 Å². The lowest BCUT2D eigenvalue weighted by molar-refractivity contribution is 0.102. The van der Waals surface area contributed by atoms with Gasteiger partial charge in [0.1, 0.15) is 17.4 Å². The molecule has 0 radical (unpaired) electrons. The van der Waals surface area contributed by atoms with Gasteiger partial charge in [0.25, 0.3) is 11.8 Å². The number of benzene rings is 2. The van der Waals surface area contributed by atoms with E-state index in [-0.39, 0.29) is 33.7 Å². The van der Waals surface area contributed by atoms with Gasteiger partial charge >= 0.3 is 0 Å². The van der Waals surface area contributed by atoms with Crippen LogP contribution in [-0.2, 0) is 0 Å². The number of nitrogens with zero attached hydrogens (tertiary/aromatic N) is 1. The van der Waals surface area contributed by atoms with Crippen LogP contribution in [0.1, 0.15) is 26.3 Å². The number of nitrogens with one attached hydrogen (secondary N) is 3. The molecule has 0 saturated carbocycles. The summed E-state index contributed by atoms with van der Waals surface area (Å²) in [5, 5.41) is 13.4. The number of hydrogen-bond acceptors (Lipinski definition) is 5. The molecule has 158 valence electrons. The first-order valence-electron chi connectivity index (χ1n) is 8.84. The number of methoxy groups -OCH3 is 1. The van der Waals surface area contributed by atoms with E-state index < -0.39 is 11.8 Å². The van der Waals surface area contributed by atoms with Gasteiger partial charge in [0.05, 0.1) is 23.4 Å². The predicted molar refractivity (Wildman–Crippen MR) is 121 cm³/mol. The van der Waals surface area contributed by atoms with Crippen molar-refractivity contribution in [3.63, 3.8) is 0 Å². The first-order valence-corrected chi connectivity index (χ1v) is 9.60. The summed E-state index contributed by atoms with van der Waals surface area (Å²) in [6, 6.07) is 12.1. The maximum Gasteiger partial charge on any atom is 0.259 e. The number of aromatic nitrogens is 1. The lowest BCUT2D eigenvalue weighted by Gasteiger charge is -2.16. The number of carbonyl (C=O) groups excluding carboxylic acids is 2. The molecule has 0 aliphatic heterocycles. The van der Waals surface area contributed by atoms with E-state index in [1.807, 2.05) is 0 Å². The summed E-state index contributed by atoms with van der Waals surface area (Å²) in [6.45, 7) is 0. The molecule has 3 rings (SSSR count). The average molecular weight is 458 g/mol. The third-order valence-electron chi connectivity index (χ3n) is 4.20. The van der Waals surface area contributed by atoms with E-state index in [1.165, 1.54) is 43.6 Å². The lowest BCUT2D eigenvalue weighted by Crippen LogP contribution is -2.20. The molecule has 0 aliphatic carbocycles. The summed E-state index contributed by atoms with van der Waals surface area (Å²) in [4.78, 5) is 29.7. The Labute approximate surface area is 187 Å². The fraction of sp³-hybridized carbons (Fsp3) is 0.0476. The molecule has 0 atom stereocenters. The average Bonchev–Trinajstić information content (AvgIpc) is 2.76. The number of halogens is 2. The smallest absolute Gasteiger partial charge is 0.259 e. The summed E-state index contributed by atoms with van der Waals surface area (Å²) < 4.78 is 5.31. The van der Waals surface area contributed by atoms with Gasteiger partial charge in [-0.1, -0.05) is 35.3 Å². The third kappa shape index (κ3) is 5.30. The van der Waals surface area contributed by atoms with E-state index in [9.17, 15) is 9.59 Å². The monoisotopic (exact) mass is 457 g/mol. The number of carbonyl (C=O) groups is 2. The highest BCUT2D eigenvalue weighted by Crippen LogP contribution is 2.33. The Hall–Kier alpha value is -3.62. The van der Waals surface area contributed by atoms with Crippen LogP contribution in [0.5, 0.6) is 5.75 Å². The van der Waals surface area contributed by atoms with Crippen LogP contribution in [0.4, 0.5) is 11.5 Å². The van der Waals surface area contributed by atoms with Crippen LogP contribution in [0.15, 0.2) is 54.7 Å². The van der Waals surface area contributed by atoms with Gasteiger partial charge in [0.2, 0.25) is 0 Å². The van der Waals surface area contributed by atoms with Gasteiger partial charge < -0.3 is 21.1 Å². The summed E-state index contributed by atoms with van der Waals surface area (Å²) in [6.07, 6.45) is 1.39. The van der Waals surface area contributed by atoms with Gasteiger partial charge in [-0.3, -0.25) is 15.0 Å². The summed E-state index contributed by atoms with van der Waals surface area (Å²) in [5.41, 5.74) is 6.43. The molecule has 0 spiro atoms. The molecule has 31 heavy (non-hydrogen) atoms. The number of anilines is 2. The standard InChI is InChI=1S/C21H17Cl2N5O3/c1-31-16-9-14(23)8-15(21(30)27-17-7-6-13(22)10-26-17)18(16)28-20(29)12-4-2-11(3-5-12)19(24)25/h2-10H,1H3,(H3,24,25)(H,28,29)(H,26,27,30). The molecule has 1 aromatic heterocycles. The van der Waals surface area contributed by atoms with Crippen LogP contribution in [0.3, 0.4) is 0 Å². The van der Waals surface area contributed by atoms with Gasteiger partial charge in [-0.15, -0.1) is 0 Å². The van der Waals surface area contributed by atoms with Crippen LogP contribution >= 0.6 is 23.2 Å². The topological polar surface area (TPSA) is 130 Å². The van der Waals surface area contributed by atoms with Crippen molar-refractivity contribution in [2.24, 2.45) is 5.73 Å². The van der Waals surface area contributed by atoms with Crippen LogP contribution in [0, 0.1) is 5.41 Å². The van der Waals surface area contributed by atoms with Gasteiger partial charge in [-0.25, -0.2) is 4.98 Å². The minimum absolute atomic E-state index is 0.0785. The summed E-state index contributed by atoms with van der Waals surface area (Å²) in [5.74, 6) is -0.686. The maximum atomic E-state index is 12.9. The molecule has 0 aliphatic rings. The van der Waals surface area contributed by atoms with Crippen molar-refractivity contribution in [3.05, 3.63) is 81.5 Å². The normalized spacial score (nSPS) is 10.3. The van der Waals surface area contributed by atoms with Crippen molar-refractivity contribution >= 4 is 52.4 Å². The fourth-order valence-corrected chi connectivity index (χ4v) is 2.99. The predicted octanol–water partition coefficient (Wildman–Crippen LogP) is 4.19. The Kier molecular flexibility index (Phi) is 6.74. The van der Waals surface area contributed by atoms with E-state index >= 15 is 0 Å². The molecule has 1 heterocycles. The molecule has 0 unspecified atom stereocenters. The molecule has 2 amide bonds. The number of amides is 2. The zero-order chi connectivity index (χ0) is 22.5. The minimum Gasteiger partial charge on any atom is -0.494 e. The SMILES string of the molecule is COc1cc(Cl)cc(C(=O)Nc2ccc(Cl)cn2)c1NC(=O)c1ccc(C(=N)N)cc1. The van der Waals surface area contributed by atoms with Gasteiger partial charge in [-0.2, -0.15) is 0 Å². The first kappa shape index (κ1) is 22.1. The molecule has 0 saturated heterocycles. The van der Waals surface area contributed by atoms with Crippen LogP contribution in [0.2, 0.25) is 10.0 Å².